The molecule has 0 spiro atoms. The van der Waals surface area contributed by atoms with E-state index < -0.39 is 11.9 Å². The maximum Gasteiger partial charge on any atom is 0.311 e. The Hall–Kier alpha value is -0.910. The monoisotopic (exact) mass is 312 g/mol. The molecule has 2 aliphatic rings. The van der Waals surface area contributed by atoms with Crippen LogP contribution in [-0.2, 0) is 23.7 Å². The van der Waals surface area contributed by atoms with Crippen LogP contribution in [-0.4, -0.2) is 44.3 Å². The molecule has 3 atom stereocenters. The quantitative estimate of drug-likeness (QED) is 0.269. The van der Waals surface area contributed by atoms with Crippen molar-refractivity contribution < 1.29 is 23.7 Å². The van der Waals surface area contributed by atoms with Crippen LogP contribution in [0.25, 0.3) is 0 Å². The lowest BCUT2D eigenvalue weighted by molar-refractivity contribution is -0.225. The first-order valence-corrected chi connectivity index (χ1v) is 8.35. The van der Waals surface area contributed by atoms with Gasteiger partial charge in [-0.3, -0.25) is 4.79 Å². The molecular weight excluding hydrogens is 284 g/mol. The van der Waals surface area contributed by atoms with Crippen LogP contribution in [0.3, 0.4) is 0 Å². The Morgan fingerprint density at radius 1 is 1.27 bits per heavy atom. The molecule has 5 nitrogen and oxygen atoms in total. The Balaban J connectivity index is 2.02. The predicted molar refractivity (Wildman–Crippen MR) is 82.4 cm³/mol. The average molecular weight is 312 g/mol. The van der Waals surface area contributed by atoms with Gasteiger partial charge in [-0.25, -0.2) is 0 Å². The van der Waals surface area contributed by atoms with E-state index in [0.29, 0.717) is 19.6 Å². The zero-order valence-corrected chi connectivity index (χ0v) is 13.9. The van der Waals surface area contributed by atoms with E-state index in [4.69, 9.17) is 18.9 Å². The molecule has 5 heteroatoms. The van der Waals surface area contributed by atoms with Crippen LogP contribution in [0, 0.1) is 5.92 Å². The standard InChI is InChI=1S/C17H28O5/c1-4-6-10-20-16(21-11-7-5-2)17-9-8-14(22-17)13(12-17)15(18)19-3/h8-9,13-14,16H,4-7,10-12H2,1-3H3. The lowest BCUT2D eigenvalue weighted by atomic mass is 9.86. The molecule has 22 heavy (non-hydrogen) atoms. The summed E-state index contributed by atoms with van der Waals surface area (Å²) in [4.78, 5) is 11.9. The van der Waals surface area contributed by atoms with E-state index in [1.165, 1.54) is 7.11 Å². The average Bonchev–Trinajstić information content (AvgIpc) is 3.12. The number of hydrogen-bond donors (Lipinski definition) is 0. The number of rotatable bonds is 10. The summed E-state index contributed by atoms with van der Waals surface area (Å²) in [6.45, 7) is 5.53. The fourth-order valence-corrected chi connectivity index (χ4v) is 2.98. The number of fused-ring (bicyclic) bond motifs is 2. The van der Waals surface area contributed by atoms with Gasteiger partial charge in [0.05, 0.1) is 19.1 Å². The molecular formula is C17H28O5. The van der Waals surface area contributed by atoms with E-state index >= 15 is 0 Å². The van der Waals surface area contributed by atoms with Crippen molar-refractivity contribution in [3.8, 4) is 0 Å². The molecule has 0 aliphatic carbocycles. The smallest absolute Gasteiger partial charge is 0.311 e. The van der Waals surface area contributed by atoms with Crippen LogP contribution in [0.15, 0.2) is 12.2 Å². The molecule has 3 unspecified atom stereocenters. The van der Waals surface area contributed by atoms with Crippen molar-refractivity contribution in [3.05, 3.63) is 12.2 Å². The summed E-state index contributed by atoms with van der Waals surface area (Å²) in [6, 6.07) is 0. The summed E-state index contributed by atoms with van der Waals surface area (Å²) >= 11 is 0. The Morgan fingerprint density at radius 2 is 1.91 bits per heavy atom. The van der Waals surface area contributed by atoms with Crippen molar-refractivity contribution in [1.29, 1.82) is 0 Å². The summed E-state index contributed by atoms with van der Waals surface area (Å²) in [6.07, 6.45) is 7.92. The van der Waals surface area contributed by atoms with Crippen LogP contribution >= 0.6 is 0 Å². The summed E-state index contributed by atoms with van der Waals surface area (Å²) in [7, 11) is 1.41. The molecule has 1 fully saturated rings. The third-order valence-corrected chi connectivity index (χ3v) is 4.30. The van der Waals surface area contributed by atoms with Crippen molar-refractivity contribution in [3.63, 3.8) is 0 Å². The topological polar surface area (TPSA) is 54.0 Å². The van der Waals surface area contributed by atoms with E-state index in [9.17, 15) is 4.79 Å². The maximum absolute atomic E-state index is 11.9. The summed E-state index contributed by atoms with van der Waals surface area (Å²) < 4.78 is 22.8. The molecule has 0 N–H and O–H groups in total. The second kappa shape index (κ2) is 8.09. The number of carbonyl (C=O) groups excluding carboxylic acids is 1. The number of unbranched alkanes of at least 4 members (excludes halogenated alkanes) is 2. The minimum atomic E-state index is -0.648. The lowest BCUT2D eigenvalue weighted by Crippen LogP contribution is -2.44. The summed E-state index contributed by atoms with van der Waals surface area (Å²) in [5, 5.41) is 0. The Labute approximate surface area is 132 Å². The van der Waals surface area contributed by atoms with Gasteiger partial charge in [0, 0.05) is 19.6 Å². The second-order valence-corrected chi connectivity index (χ2v) is 6.01. The predicted octanol–water partition coefficient (Wildman–Crippen LogP) is 2.83. The molecule has 0 radical (unpaired) electrons. The van der Waals surface area contributed by atoms with Gasteiger partial charge in [0.1, 0.15) is 5.60 Å². The molecule has 0 aromatic rings. The third kappa shape index (κ3) is 3.70. The van der Waals surface area contributed by atoms with E-state index in [1.807, 2.05) is 12.2 Å². The SMILES string of the molecule is CCCCOC(OCCCC)C12C=CC(O1)C(C(=O)OC)C2. The third-order valence-electron chi connectivity index (χ3n) is 4.30. The van der Waals surface area contributed by atoms with Crippen molar-refractivity contribution in [2.75, 3.05) is 20.3 Å². The molecule has 0 aromatic heterocycles. The molecule has 0 saturated carbocycles. The van der Waals surface area contributed by atoms with E-state index in [2.05, 4.69) is 13.8 Å². The van der Waals surface area contributed by atoms with Crippen molar-refractivity contribution in [1.82, 2.24) is 0 Å². The molecule has 2 bridgehead atoms. The number of carbonyl (C=O) groups is 1. The molecule has 2 rings (SSSR count). The largest absolute Gasteiger partial charge is 0.469 e. The van der Waals surface area contributed by atoms with E-state index in [-0.39, 0.29) is 18.0 Å². The summed E-state index contributed by atoms with van der Waals surface area (Å²) in [5.41, 5.74) is -0.648. The molecule has 1 saturated heterocycles. The van der Waals surface area contributed by atoms with Gasteiger partial charge < -0.3 is 18.9 Å². The fraction of sp³-hybridized carbons (Fsp3) is 0.824. The van der Waals surface area contributed by atoms with E-state index in [0.717, 1.165) is 25.7 Å². The van der Waals surface area contributed by atoms with Gasteiger partial charge >= 0.3 is 5.97 Å². The molecule has 2 heterocycles. The Bertz CT molecular complexity index is 385. The van der Waals surface area contributed by atoms with Crippen LogP contribution in [0.4, 0.5) is 0 Å². The van der Waals surface area contributed by atoms with Crippen molar-refractivity contribution >= 4 is 5.97 Å². The number of ether oxygens (including phenoxy) is 4. The molecule has 2 aliphatic heterocycles. The van der Waals surface area contributed by atoms with Gasteiger partial charge in [-0.05, 0) is 18.9 Å². The normalized spacial score (nSPS) is 29.5. The highest BCUT2D eigenvalue weighted by atomic mass is 16.7. The maximum atomic E-state index is 11.9. The van der Waals surface area contributed by atoms with Crippen LogP contribution in [0.5, 0.6) is 0 Å². The van der Waals surface area contributed by atoms with E-state index in [1.54, 1.807) is 0 Å². The Morgan fingerprint density at radius 3 is 2.45 bits per heavy atom. The lowest BCUT2D eigenvalue weighted by Gasteiger charge is -2.32. The van der Waals surface area contributed by atoms with Gasteiger partial charge in [-0.1, -0.05) is 32.8 Å². The first-order valence-electron chi connectivity index (χ1n) is 8.35. The number of hydrogen-bond acceptors (Lipinski definition) is 5. The first kappa shape index (κ1) is 17.4. The summed E-state index contributed by atoms with van der Waals surface area (Å²) in [5.74, 6) is -0.487. The van der Waals surface area contributed by atoms with Gasteiger partial charge in [-0.2, -0.15) is 0 Å². The zero-order chi connectivity index (χ0) is 16.0. The first-order chi connectivity index (χ1) is 10.7. The van der Waals surface area contributed by atoms with Crippen LogP contribution in [0.2, 0.25) is 0 Å². The molecule has 0 amide bonds. The van der Waals surface area contributed by atoms with Gasteiger partial charge in [0.2, 0.25) is 0 Å². The number of methoxy groups -OCH3 is 1. The Kier molecular flexibility index (Phi) is 6.41. The van der Waals surface area contributed by atoms with Gasteiger partial charge in [-0.15, -0.1) is 0 Å². The fourth-order valence-electron chi connectivity index (χ4n) is 2.98. The van der Waals surface area contributed by atoms with Crippen LogP contribution < -0.4 is 0 Å². The van der Waals surface area contributed by atoms with Crippen molar-refractivity contribution in [2.24, 2.45) is 5.92 Å². The highest BCUT2D eigenvalue weighted by molar-refractivity contribution is 5.74. The molecule has 0 aromatic carbocycles. The zero-order valence-electron chi connectivity index (χ0n) is 13.9. The number of esters is 1. The molecule has 126 valence electrons. The second-order valence-electron chi connectivity index (χ2n) is 6.01. The minimum Gasteiger partial charge on any atom is -0.469 e. The minimum absolute atomic E-state index is 0.223. The van der Waals surface area contributed by atoms with Crippen molar-refractivity contribution in [2.45, 2.75) is 63.9 Å². The van der Waals surface area contributed by atoms with Gasteiger partial charge in [0.25, 0.3) is 0 Å². The highest BCUT2D eigenvalue weighted by Crippen LogP contribution is 2.46. The van der Waals surface area contributed by atoms with Gasteiger partial charge in [0.15, 0.2) is 6.29 Å². The highest BCUT2D eigenvalue weighted by Gasteiger charge is 2.56. The van der Waals surface area contributed by atoms with Crippen LogP contribution in [0.1, 0.15) is 46.0 Å².